The molecule has 0 saturated heterocycles. The number of nitriles is 2. The van der Waals surface area contributed by atoms with E-state index in [1.807, 2.05) is 6.07 Å². The SMILES string of the molecule is C#CCOc1cc(-c2c(C#N)c(N)[nH]c(=O)c2C#N)ccc1OC. The molecule has 0 radical (unpaired) electrons. The first-order valence-corrected chi connectivity index (χ1v) is 6.68. The zero-order chi connectivity index (χ0) is 17.7. The van der Waals surface area contributed by atoms with Gasteiger partial charge in [-0.25, -0.2) is 0 Å². The van der Waals surface area contributed by atoms with Gasteiger partial charge in [-0.05, 0) is 17.7 Å². The van der Waals surface area contributed by atoms with Crippen molar-refractivity contribution in [3.05, 3.63) is 39.7 Å². The lowest BCUT2D eigenvalue weighted by Gasteiger charge is -2.13. The molecule has 2 rings (SSSR count). The molecule has 1 aromatic heterocycles. The highest BCUT2D eigenvalue weighted by Crippen LogP contribution is 2.35. The zero-order valence-corrected chi connectivity index (χ0v) is 12.7. The fourth-order valence-corrected chi connectivity index (χ4v) is 2.20. The Morgan fingerprint density at radius 2 is 1.96 bits per heavy atom. The first-order valence-electron chi connectivity index (χ1n) is 6.68. The van der Waals surface area contributed by atoms with Crippen molar-refractivity contribution in [2.75, 3.05) is 19.5 Å². The van der Waals surface area contributed by atoms with E-state index in [4.69, 9.17) is 21.6 Å². The second-order valence-corrected chi connectivity index (χ2v) is 4.57. The van der Waals surface area contributed by atoms with Gasteiger partial charge in [0.2, 0.25) is 0 Å². The summed E-state index contributed by atoms with van der Waals surface area (Å²) in [4.78, 5) is 14.2. The van der Waals surface area contributed by atoms with Crippen LogP contribution in [0.3, 0.4) is 0 Å². The number of nitrogens with two attached hydrogens (primary N) is 1. The van der Waals surface area contributed by atoms with E-state index in [9.17, 15) is 15.3 Å². The molecule has 7 nitrogen and oxygen atoms in total. The summed E-state index contributed by atoms with van der Waals surface area (Å²) < 4.78 is 10.6. The Balaban J connectivity index is 2.78. The van der Waals surface area contributed by atoms with E-state index in [-0.39, 0.29) is 29.1 Å². The van der Waals surface area contributed by atoms with Crippen LogP contribution in [0.1, 0.15) is 11.1 Å². The van der Waals surface area contributed by atoms with Crippen LogP contribution in [0.2, 0.25) is 0 Å². The van der Waals surface area contributed by atoms with Crippen molar-refractivity contribution >= 4 is 5.82 Å². The number of benzene rings is 1. The third-order valence-electron chi connectivity index (χ3n) is 3.23. The van der Waals surface area contributed by atoms with Crippen LogP contribution < -0.4 is 20.8 Å². The lowest BCUT2D eigenvalue weighted by molar-refractivity contribution is 0.331. The summed E-state index contributed by atoms with van der Waals surface area (Å²) in [5.41, 5.74) is 5.35. The molecule has 0 amide bonds. The smallest absolute Gasteiger partial charge is 0.268 e. The van der Waals surface area contributed by atoms with Gasteiger partial charge in [0.15, 0.2) is 11.5 Å². The number of hydrogen-bond acceptors (Lipinski definition) is 6. The molecule has 118 valence electrons. The maximum Gasteiger partial charge on any atom is 0.268 e. The van der Waals surface area contributed by atoms with Crippen molar-refractivity contribution in [2.45, 2.75) is 0 Å². The van der Waals surface area contributed by atoms with Crippen molar-refractivity contribution < 1.29 is 9.47 Å². The van der Waals surface area contributed by atoms with Crippen LogP contribution in [-0.4, -0.2) is 18.7 Å². The van der Waals surface area contributed by atoms with E-state index in [1.54, 1.807) is 18.2 Å². The van der Waals surface area contributed by atoms with Gasteiger partial charge in [-0.2, -0.15) is 10.5 Å². The molecule has 0 atom stereocenters. The largest absolute Gasteiger partial charge is 0.493 e. The predicted molar refractivity (Wildman–Crippen MR) is 87.2 cm³/mol. The summed E-state index contributed by atoms with van der Waals surface area (Å²) >= 11 is 0. The lowest BCUT2D eigenvalue weighted by Crippen LogP contribution is -2.16. The molecule has 0 aliphatic heterocycles. The van der Waals surface area contributed by atoms with Crippen LogP contribution >= 0.6 is 0 Å². The number of nitrogens with zero attached hydrogens (tertiary/aromatic N) is 2. The predicted octanol–water partition coefficient (Wildman–Crippen LogP) is 1.39. The number of methoxy groups -OCH3 is 1. The van der Waals surface area contributed by atoms with E-state index in [0.29, 0.717) is 17.1 Å². The minimum Gasteiger partial charge on any atom is -0.493 e. The van der Waals surface area contributed by atoms with E-state index in [2.05, 4.69) is 10.9 Å². The number of H-pyrrole nitrogens is 1. The Morgan fingerprint density at radius 1 is 1.25 bits per heavy atom. The van der Waals surface area contributed by atoms with Crippen LogP contribution in [0, 0.1) is 35.0 Å². The van der Waals surface area contributed by atoms with Crippen molar-refractivity contribution in [1.29, 1.82) is 10.5 Å². The van der Waals surface area contributed by atoms with E-state index >= 15 is 0 Å². The van der Waals surface area contributed by atoms with E-state index < -0.39 is 5.56 Å². The lowest BCUT2D eigenvalue weighted by atomic mass is 9.96. The summed E-state index contributed by atoms with van der Waals surface area (Å²) in [5.74, 6) is 2.96. The van der Waals surface area contributed by atoms with Crippen LogP contribution in [0.15, 0.2) is 23.0 Å². The quantitative estimate of drug-likeness (QED) is 0.820. The average Bonchev–Trinajstić information content (AvgIpc) is 2.59. The molecule has 0 aliphatic rings. The Morgan fingerprint density at radius 3 is 2.54 bits per heavy atom. The third kappa shape index (κ3) is 2.85. The standard InChI is InChI=1S/C17H12N4O3/c1-3-6-24-14-7-10(4-5-13(14)23-2)15-11(8-18)16(20)21-17(22)12(15)9-19/h1,4-5,7H,6H2,2H3,(H3,20,21,22). The van der Waals surface area contributed by atoms with Gasteiger partial charge >= 0.3 is 0 Å². The average molecular weight is 320 g/mol. The van der Waals surface area contributed by atoms with Gasteiger partial charge in [-0.15, -0.1) is 6.42 Å². The van der Waals surface area contributed by atoms with Crippen LogP contribution in [0.4, 0.5) is 5.82 Å². The van der Waals surface area contributed by atoms with Crippen molar-refractivity contribution in [1.82, 2.24) is 4.98 Å². The Kier molecular flexibility index (Phi) is 4.75. The summed E-state index contributed by atoms with van der Waals surface area (Å²) in [7, 11) is 1.46. The number of nitrogen functional groups attached to an aromatic ring is 1. The fraction of sp³-hybridized carbons (Fsp3) is 0.118. The van der Waals surface area contributed by atoms with E-state index in [0.717, 1.165) is 0 Å². The molecule has 24 heavy (non-hydrogen) atoms. The van der Waals surface area contributed by atoms with Crippen molar-refractivity contribution in [3.63, 3.8) is 0 Å². The third-order valence-corrected chi connectivity index (χ3v) is 3.23. The highest BCUT2D eigenvalue weighted by Gasteiger charge is 2.19. The maximum atomic E-state index is 12.0. The minimum atomic E-state index is -0.675. The second-order valence-electron chi connectivity index (χ2n) is 4.57. The molecule has 0 unspecified atom stereocenters. The number of aromatic amines is 1. The minimum absolute atomic E-state index is 0.000725. The molecule has 0 fully saturated rings. The number of anilines is 1. The van der Waals surface area contributed by atoms with Gasteiger partial charge in [0, 0.05) is 5.56 Å². The van der Waals surface area contributed by atoms with Gasteiger partial charge in [0.1, 0.15) is 35.7 Å². The summed E-state index contributed by atoms with van der Waals surface area (Å²) in [6.07, 6.45) is 5.18. The highest BCUT2D eigenvalue weighted by atomic mass is 16.5. The molecule has 3 N–H and O–H groups in total. The summed E-state index contributed by atoms with van der Waals surface area (Å²) in [6.45, 7) is 0.00748. The molecule has 2 aromatic rings. The first-order chi connectivity index (χ1) is 11.6. The topological polar surface area (TPSA) is 125 Å². The first kappa shape index (κ1) is 16.5. The summed E-state index contributed by atoms with van der Waals surface area (Å²) in [5, 5.41) is 18.6. The number of pyridine rings is 1. The van der Waals surface area contributed by atoms with Crippen LogP contribution in [-0.2, 0) is 0 Å². The van der Waals surface area contributed by atoms with Crippen molar-refractivity contribution in [3.8, 4) is 47.1 Å². The molecular formula is C17H12N4O3. The zero-order valence-electron chi connectivity index (χ0n) is 12.7. The van der Waals surface area contributed by atoms with Crippen LogP contribution in [0.5, 0.6) is 11.5 Å². The van der Waals surface area contributed by atoms with Gasteiger partial charge in [0.25, 0.3) is 5.56 Å². The van der Waals surface area contributed by atoms with Crippen LogP contribution in [0.25, 0.3) is 11.1 Å². The Bertz CT molecular complexity index is 972. The molecule has 0 bridgehead atoms. The number of aromatic nitrogens is 1. The molecule has 0 spiro atoms. The summed E-state index contributed by atoms with van der Waals surface area (Å²) in [6, 6.07) is 8.42. The molecule has 1 heterocycles. The molecule has 1 aromatic carbocycles. The molecular weight excluding hydrogens is 308 g/mol. The maximum absolute atomic E-state index is 12.0. The highest BCUT2D eigenvalue weighted by molar-refractivity contribution is 5.81. The monoisotopic (exact) mass is 320 g/mol. The molecule has 0 aliphatic carbocycles. The fourth-order valence-electron chi connectivity index (χ4n) is 2.20. The number of hydrogen-bond donors (Lipinski definition) is 2. The Labute approximate surface area is 137 Å². The molecule has 0 saturated carbocycles. The van der Waals surface area contributed by atoms with Crippen molar-refractivity contribution in [2.24, 2.45) is 0 Å². The Hall–Kier alpha value is -3.89. The number of terminal acetylenes is 1. The second kappa shape index (κ2) is 6.91. The number of ether oxygens (including phenoxy) is 2. The van der Waals surface area contributed by atoms with Gasteiger partial charge in [0.05, 0.1) is 7.11 Å². The van der Waals surface area contributed by atoms with Gasteiger partial charge in [-0.3, -0.25) is 4.79 Å². The van der Waals surface area contributed by atoms with E-state index in [1.165, 1.54) is 13.2 Å². The van der Waals surface area contributed by atoms with Gasteiger partial charge in [-0.1, -0.05) is 12.0 Å². The normalized spacial score (nSPS) is 9.42. The number of rotatable bonds is 4. The molecule has 7 heteroatoms. The van der Waals surface area contributed by atoms with Gasteiger partial charge < -0.3 is 20.2 Å². The number of nitrogens with one attached hydrogen (secondary N) is 1.